The first kappa shape index (κ1) is 24.5. The zero-order valence-electron chi connectivity index (χ0n) is 19.9. The molecule has 3 amide bonds. The smallest absolute Gasteiger partial charge is 0.353 e. The van der Waals surface area contributed by atoms with E-state index >= 15 is 0 Å². The van der Waals surface area contributed by atoms with Crippen LogP contribution in [0.25, 0.3) is 0 Å². The predicted octanol–water partition coefficient (Wildman–Crippen LogP) is -1.32. The molecule has 0 unspecified atom stereocenters. The molecule has 0 aliphatic carbocycles. The Kier molecular flexibility index (Phi) is 6.58. The van der Waals surface area contributed by atoms with Gasteiger partial charge in [0, 0.05) is 35.7 Å². The molecule has 5 aliphatic heterocycles. The van der Waals surface area contributed by atoms with E-state index in [-0.39, 0.29) is 58.8 Å². The van der Waals surface area contributed by atoms with Gasteiger partial charge >= 0.3 is 5.97 Å². The highest BCUT2D eigenvalue weighted by atomic mass is 32.2. The third-order valence-corrected chi connectivity index (χ3v) is 9.42. The fraction of sp³-hybridized carbons (Fsp3) is 0.739. The standard InChI is InChI=1S/C23H33N5O6S/c1-10-17-16(11(2)29)22(32)28(17)18(23(33)34)19(10)35-13-6-15(25-7-13)21(31)27-8-12(9-27)26-20(30)14-4-3-5-24-14/h10-17,24-25,29H,3-9H2,1-2H3,(H,26,30)(H,33,34)/t10-,11-,13+,14+,15+,16-,17-/m1/s1. The average Bonchev–Trinajstić information content (AvgIpc) is 3.50. The quantitative estimate of drug-likeness (QED) is 0.264. The lowest BCUT2D eigenvalue weighted by atomic mass is 9.79. The van der Waals surface area contributed by atoms with E-state index in [1.165, 1.54) is 16.7 Å². The third kappa shape index (κ3) is 4.24. The van der Waals surface area contributed by atoms with Crippen LogP contribution in [0.1, 0.15) is 33.1 Å². The molecule has 4 saturated heterocycles. The molecule has 0 radical (unpaired) electrons. The van der Waals surface area contributed by atoms with E-state index in [4.69, 9.17) is 0 Å². The molecule has 0 aromatic heterocycles. The highest BCUT2D eigenvalue weighted by molar-refractivity contribution is 8.03. The van der Waals surface area contributed by atoms with Crippen LogP contribution in [-0.2, 0) is 19.2 Å². The third-order valence-electron chi connectivity index (χ3n) is 7.91. The Morgan fingerprint density at radius 2 is 1.94 bits per heavy atom. The highest BCUT2D eigenvalue weighted by Crippen LogP contribution is 2.51. The maximum absolute atomic E-state index is 13.0. The second kappa shape index (κ2) is 9.38. The molecule has 0 saturated carbocycles. The Hall–Kier alpha value is -2.15. The van der Waals surface area contributed by atoms with Gasteiger partial charge in [0.1, 0.15) is 5.70 Å². The Morgan fingerprint density at radius 3 is 2.57 bits per heavy atom. The molecule has 35 heavy (non-hydrogen) atoms. The lowest BCUT2D eigenvalue weighted by molar-refractivity contribution is -0.163. The molecule has 4 fully saturated rings. The van der Waals surface area contributed by atoms with Crippen molar-refractivity contribution in [1.29, 1.82) is 0 Å². The molecule has 5 N–H and O–H groups in total. The number of carbonyl (C=O) groups excluding carboxylic acids is 3. The number of thioether (sulfide) groups is 1. The van der Waals surface area contributed by atoms with Crippen molar-refractivity contribution < 1.29 is 29.4 Å². The topological polar surface area (TPSA) is 151 Å². The first-order valence-corrected chi connectivity index (χ1v) is 13.3. The van der Waals surface area contributed by atoms with Crippen LogP contribution < -0.4 is 16.0 Å². The number of carboxylic acid groups (broad SMARTS) is 1. The van der Waals surface area contributed by atoms with Gasteiger partial charge in [-0.3, -0.25) is 14.4 Å². The van der Waals surface area contributed by atoms with Crippen molar-refractivity contribution >= 4 is 35.5 Å². The largest absolute Gasteiger partial charge is 0.477 e. The molecule has 5 rings (SSSR count). The summed E-state index contributed by atoms with van der Waals surface area (Å²) in [7, 11) is 0. The number of aliphatic carboxylic acids is 1. The van der Waals surface area contributed by atoms with Gasteiger partial charge in [-0.15, -0.1) is 11.8 Å². The summed E-state index contributed by atoms with van der Waals surface area (Å²) < 4.78 is 0. The highest BCUT2D eigenvalue weighted by Gasteiger charge is 2.60. The molecule has 0 aromatic rings. The minimum absolute atomic E-state index is 0.000214. The van der Waals surface area contributed by atoms with Crippen molar-refractivity contribution in [2.24, 2.45) is 11.8 Å². The SMILES string of the molecule is C[C@@H](O)[C@H]1C(=O)N2C(C(=O)O)=C(S[C@@H]3CN[C@H](C(=O)N4CC(NC(=O)[C@@H]5CCCN5)C4)C3)[C@H](C)[C@H]12. The van der Waals surface area contributed by atoms with Gasteiger partial charge in [0.25, 0.3) is 0 Å². The summed E-state index contributed by atoms with van der Waals surface area (Å²) >= 11 is 1.43. The molecular formula is C23H33N5O6S. The number of carbonyl (C=O) groups is 4. The number of hydrogen-bond acceptors (Lipinski definition) is 8. The molecule has 0 bridgehead atoms. The van der Waals surface area contributed by atoms with E-state index in [9.17, 15) is 29.4 Å². The minimum atomic E-state index is -1.14. The average molecular weight is 508 g/mol. The number of amides is 3. The normalized spacial score (nSPS) is 35.6. The van der Waals surface area contributed by atoms with Gasteiger partial charge in [-0.05, 0) is 32.7 Å². The van der Waals surface area contributed by atoms with E-state index in [1.54, 1.807) is 11.8 Å². The van der Waals surface area contributed by atoms with Crippen LogP contribution in [0.3, 0.4) is 0 Å². The summed E-state index contributed by atoms with van der Waals surface area (Å²) in [6.45, 7) is 5.88. The molecule has 5 aliphatic rings. The Labute approximate surface area is 208 Å². The summed E-state index contributed by atoms with van der Waals surface area (Å²) in [5, 5.41) is 29.3. The van der Waals surface area contributed by atoms with Crippen molar-refractivity contribution in [1.82, 2.24) is 25.8 Å². The lowest BCUT2D eigenvalue weighted by Gasteiger charge is -2.46. The van der Waals surface area contributed by atoms with Gasteiger partial charge in [0.2, 0.25) is 17.7 Å². The number of likely N-dealkylation sites (tertiary alicyclic amines) is 1. The maximum Gasteiger partial charge on any atom is 0.353 e. The van der Waals surface area contributed by atoms with E-state index in [0.29, 0.717) is 31.0 Å². The van der Waals surface area contributed by atoms with Crippen molar-refractivity contribution in [2.45, 2.75) is 68.6 Å². The Bertz CT molecular complexity index is 960. The lowest BCUT2D eigenvalue weighted by Crippen LogP contribution is -2.64. The number of aliphatic hydroxyl groups is 1. The van der Waals surface area contributed by atoms with Gasteiger partial charge < -0.3 is 36.0 Å². The van der Waals surface area contributed by atoms with Crippen LogP contribution in [-0.4, -0.2) is 105 Å². The fourth-order valence-electron chi connectivity index (χ4n) is 6.02. The maximum atomic E-state index is 13.0. The zero-order valence-corrected chi connectivity index (χ0v) is 20.7. The summed E-state index contributed by atoms with van der Waals surface area (Å²) in [6, 6.07) is -0.840. The van der Waals surface area contributed by atoms with Crippen LogP contribution in [0, 0.1) is 11.8 Å². The number of carboxylic acids is 1. The first-order valence-electron chi connectivity index (χ1n) is 12.4. The first-order chi connectivity index (χ1) is 16.7. The second-order valence-corrected chi connectivity index (χ2v) is 11.6. The van der Waals surface area contributed by atoms with Gasteiger partial charge in [-0.2, -0.15) is 0 Å². The number of rotatable bonds is 7. The predicted molar refractivity (Wildman–Crippen MR) is 127 cm³/mol. The van der Waals surface area contributed by atoms with Crippen molar-refractivity contribution in [3.8, 4) is 0 Å². The summed E-state index contributed by atoms with van der Waals surface area (Å²) in [5.41, 5.74) is 0.0160. The van der Waals surface area contributed by atoms with Gasteiger partial charge in [0.05, 0.1) is 36.2 Å². The fourth-order valence-corrected chi connectivity index (χ4v) is 7.50. The van der Waals surface area contributed by atoms with Crippen LogP contribution in [0.2, 0.25) is 0 Å². The monoisotopic (exact) mass is 507 g/mol. The molecule has 5 heterocycles. The zero-order chi connectivity index (χ0) is 25.0. The van der Waals surface area contributed by atoms with Crippen LogP contribution in [0.15, 0.2) is 10.6 Å². The Morgan fingerprint density at radius 1 is 1.20 bits per heavy atom. The Balaban J connectivity index is 1.15. The van der Waals surface area contributed by atoms with Crippen molar-refractivity contribution in [3.63, 3.8) is 0 Å². The molecular weight excluding hydrogens is 474 g/mol. The summed E-state index contributed by atoms with van der Waals surface area (Å²) in [5.74, 6) is -2.25. The number of β-lactam (4-membered cyclic amide) rings is 1. The van der Waals surface area contributed by atoms with Crippen LogP contribution in [0.4, 0.5) is 0 Å². The molecule has 12 heteroatoms. The minimum Gasteiger partial charge on any atom is -0.477 e. The van der Waals surface area contributed by atoms with E-state index in [0.717, 1.165) is 19.4 Å². The molecule has 0 spiro atoms. The van der Waals surface area contributed by atoms with E-state index < -0.39 is 18.0 Å². The van der Waals surface area contributed by atoms with Crippen LogP contribution >= 0.6 is 11.8 Å². The van der Waals surface area contributed by atoms with E-state index in [1.807, 2.05) is 6.92 Å². The number of aliphatic hydroxyl groups excluding tert-OH is 1. The molecule has 7 atom stereocenters. The number of nitrogens with one attached hydrogen (secondary N) is 3. The summed E-state index contributed by atoms with van der Waals surface area (Å²) in [6.07, 6.45) is 1.57. The number of nitrogens with zero attached hydrogens (tertiary/aromatic N) is 2. The van der Waals surface area contributed by atoms with Crippen LogP contribution in [0.5, 0.6) is 0 Å². The van der Waals surface area contributed by atoms with Crippen molar-refractivity contribution in [2.75, 3.05) is 26.2 Å². The van der Waals surface area contributed by atoms with Gasteiger partial charge in [-0.1, -0.05) is 6.92 Å². The molecule has 192 valence electrons. The second-order valence-electron chi connectivity index (χ2n) is 10.3. The van der Waals surface area contributed by atoms with E-state index in [2.05, 4.69) is 16.0 Å². The molecule has 11 nitrogen and oxygen atoms in total. The number of hydrogen-bond donors (Lipinski definition) is 5. The summed E-state index contributed by atoms with van der Waals surface area (Å²) in [4.78, 5) is 53.4. The van der Waals surface area contributed by atoms with Crippen molar-refractivity contribution in [3.05, 3.63) is 10.6 Å². The van der Waals surface area contributed by atoms with Gasteiger partial charge in [0.15, 0.2) is 0 Å². The molecule has 0 aromatic carbocycles. The number of fused-ring (bicyclic) bond motifs is 1. The van der Waals surface area contributed by atoms with Gasteiger partial charge in [-0.25, -0.2) is 4.79 Å².